The maximum absolute atomic E-state index is 4.62. The third-order valence-corrected chi connectivity index (χ3v) is 4.87. The van der Waals surface area contributed by atoms with Crippen LogP contribution in [0.2, 0.25) is 0 Å². The predicted octanol–water partition coefficient (Wildman–Crippen LogP) is 2.62. The molecule has 0 atom stereocenters. The van der Waals surface area contributed by atoms with Crippen LogP contribution >= 0.6 is 22.7 Å². The Bertz CT molecular complexity index is 883. The van der Waals surface area contributed by atoms with Gasteiger partial charge in [-0.3, -0.25) is 4.68 Å². The van der Waals surface area contributed by atoms with Crippen LogP contribution in [0.15, 0.2) is 23.0 Å². The lowest BCUT2D eigenvalue weighted by Gasteiger charge is -1.96. The summed E-state index contributed by atoms with van der Waals surface area (Å²) in [4.78, 5) is 0.796. The smallest absolute Gasteiger partial charge is 0.235 e. The molecule has 0 radical (unpaired) electrons. The standard InChI is InChI=1S/C12H10N6S2/c1-7-9(5-13-17(7)2)10-14-15-12-18(10)16-11(20-12)8-3-4-19-6-8/h3-6H,1-2H3. The van der Waals surface area contributed by atoms with Crippen LogP contribution in [0.3, 0.4) is 0 Å². The summed E-state index contributed by atoms with van der Waals surface area (Å²) in [6.07, 6.45) is 1.80. The Morgan fingerprint density at radius 1 is 1.25 bits per heavy atom. The number of rotatable bonds is 2. The summed E-state index contributed by atoms with van der Waals surface area (Å²) < 4.78 is 3.62. The van der Waals surface area contributed by atoms with E-state index in [4.69, 9.17) is 0 Å². The van der Waals surface area contributed by atoms with Gasteiger partial charge in [-0.25, -0.2) is 0 Å². The maximum Gasteiger partial charge on any atom is 0.235 e. The first-order valence-electron chi connectivity index (χ1n) is 5.98. The Morgan fingerprint density at radius 3 is 2.85 bits per heavy atom. The Hall–Kier alpha value is -2.06. The summed E-state index contributed by atoms with van der Waals surface area (Å²) in [5, 5.41) is 22.4. The van der Waals surface area contributed by atoms with E-state index in [1.165, 1.54) is 0 Å². The average molecular weight is 302 g/mol. The van der Waals surface area contributed by atoms with Crippen LogP contribution in [0, 0.1) is 6.92 Å². The third-order valence-electron chi connectivity index (χ3n) is 3.24. The van der Waals surface area contributed by atoms with E-state index >= 15 is 0 Å². The zero-order valence-electron chi connectivity index (χ0n) is 10.8. The summed E-state index contributed by atoms with van der Waals surface area (Å²) >= 11 is 3.20. The molecule has 20 heavy (non-hydrogen) atoms. The van der Waals surface area contributed by atoms with E-state index < -0.39 is 0 Å². The zero-order valence-corrected chi connectivity index (χ0v) is 12.4. The van der Waals surface area contributed by atoms with Gasteiger partial charge in [0.25, 0.3) is 0 Å². The second-order valence-electron chi connectivity index (χ2n) is 4.40. The average Bonchev–Trinajstić information content (AvgIpc) is 3.16. The fourth-order valence-electron chi connectivity index (χ4n) is 2.01. The molecule has 0 N–H and O–H groups in total. The van der Waals surface area contributed by atoms with Gasteiger partial charge in [-0.05, 0) is 18.4 Å². The maximum atomic E-state index is 4.62. The van der Waals surface area contributed by atoms with Gasteiger partial charge in [0.2, 0.25) is 4.96 Å². The highest BCUT2D eigenvalue weighted by Crippen LogP contribution is 2.29. The van der Waals surface area contributed by atoms with Gasteiger partial charge in [-0.2, -0.15) is 26.0 Å². The Balaban J connectivity index is 1.91. The topological polar surface area (TPSA) is 60.9 Å². The number of hydrogen-bond donors (Lipinski definition) is 0. The largest absolute Gasteiger partial charge is 0.272 e. The molecule has 6 nitrogen and oxygen atoms in total. The number of nitrogens with zero attached hydrogens (tertiary/aromatic N) is 6. The second-order valence-corrected chi connectivity index (χ2v) is 6.14. The van der Waals surface area contributed by atoms with Crippen LogP contribution in [0.5, 0.6) is 0 Å². The lowest BCUT2D eigenvalue weighted by atomic mass is 10.2. The second kappa shape index (κ2) is 4.22. The highest BCUT2D eigenvalue weighted by atomic mass is 32.1. The molecule has 0 fully saturated rings. The highest BCUT2D eigenvalue weighted by Gasteiger charge is 2.17. The molecule has 0 amide bonds. The first kappa shape index (κ1) is 11.7. The molecule has 100 valence electrons. The Labute approximate surface area is 122 Å². The minimum absolute atomic E-state index is 0.739. The van der Waals surface area contributed by atoms with Crippen molar-refractivity contribution in [2.24, 2.45) is 7.05 Å². The molecule has 4 aromatic rings. The Kier molecular flexibility index (Phi) is 2.48. The van der Waals surface area contributed by atoms with Gasteiger partial charge in [0.1, 0.15) is 5.01 Å². The summed E-state index contributed by atoms with van der Waals surface area (Å²) in [6.45, 7) is 2.01. The molecule has 0 aliphatic rings. The van der Waals surface area contributed by atoms with Crippen molar-refractivity contribution in [1.82, 2.24) is 29.6 Å². The van der Waals surface area contributed by atoms with Crippen LogP contribution in [-0.4, -0.2) is 29.6 Å². The molecule has 4 aromatic heterocycles. The molecule has 0 aliphatic carbocycles. The lowest BCUT2D eigenvalue weighted by Crippen LogP contribution is -1.95. The first-order chi connectivity index (χ1) is 9.74. The number of fused-ring (bicyclic) bond motifs is 1. The summed E-state index contributed by atoms with van der Waals surface area (Å²) in [6, 6.07) is 2.06. The van der Waals surface area contributed by atoms with Crippen molar-refractivity contribution in [3.05, 3.63) is 28.7 Å². The molecular weight excluding hydrogens is 292 g/mol. The highest BCUT2D eigenvalue weighted by molar-refractivity contribution is 7.20. The van der Waals surface area contributed by atoms with E-state index in [0.717, 1.165) is 32.6 Å². The SMILES string of the molecule is Cc1c(-c2nnc3sc(-c4ccsc4)nn23)cnn1C. The molecule has 8 heteroatoms. The van der Waals surface area contributed by atoms with E-state index in [-0.39, 0.29) is 0 Å². The van der Waals surface area contributed by atoms with Gasteiger partial charge in [-0.1, -0.05) is 11.3 Å². The van der Waals surface area contributed by atoms with E-state index in [2.05, 4.69) is 31.8 Å². The molecule has 0 aromatic carbocycles. The van der Waals surface area contributed by atoms with Crippen LogP contribution in [0.25, 0.3) is 26.9 Å². The molecule has 0 saturated carbocycles. The van der Waals surface area contributed by atoms with Gasteiger partial charge < -0.3 is 0 Å². The summed E-state index contributed by atoms with van der Waals surface area (Å²) in [7, 11) is 1.91. The molecule has 0 bridgehead atoms. The molecule has 0 aliphatic heterocycles. The summed E-state index contributed by atoms with van der Waals surface area (Å²) in [5.74, 6) is 0.739. The van der Waals surface area contributed by atoms with Crippen molar-refractivity contribution in [3.63, 3.8) is 0 Å². The van der Waals surface area contributed by atoms with Crippen molar-refractivity contribution in [1.29, 1.82) is 0 Å². The van der Waals surface area contributed by atoms with Crippen molar-refractivity contribution >= 4 is 27.6 Å². The molecule has 0 unspecified atom stereocenters. The molecule has 0 spiro atoms. The number of aromatic nitrogens is 6. The van der Waals surface area contributed by atoms with Gasteiger partial charge in [-0.15, -0.1) is 10.2 Å². The number of thiophene rings is 1. The lowest BCUT2D eigenvalue weighted by molar-refractivity contribution is 0.740. The number of hydrogen-bond acceptors (Lipinski definition) is 6. The van der Waals surface area contributed by atoms with Crippen molar-refractivity contribution < 1.29 is 0 Å². The molecule has 4 heterocycles. The number of aryl methyl sites for hydroxylation is 1. The zero-order chi connectivity index (χ0) is 13.7. The van der Waals surface area contributed by atoms with Crippen molar-refractivity contribution in [3.8, 4) is 22.0 Å². The van der Waals surface area contributed by atoms with E-state index in [1.807, 2.05) is 24.0 Å². The fraction of sp³-hybridized carbons (Fsp3) is 0.167. The summed E-state index contributed by atoms with van der Waals surface area (Å²) in [5.41, 5.74) is 3.13. The van der Waals surface area contributed by atoms with Crippen molar-refractivity contribution in [2.45, 2.75) is 6.92 Å². The van der Waals surface area contributed by atoms with Gasteiger partial charge in [0.05, 0.1) is 11.8 Å². The minimum atomic E-state index is 0.739. The quantitative estimate of drug-likeness (QED) is 0.571. The Morgan fingerprint density at radius 2 is 2.15 bits per heavy atom. The predicted molar refractivity (Wildman–Crippen MR) is 78.9 cm³/mol. The van der Waals surface area contributed by atoms with Crippen molar-refractivity contribution in [2.75, 3.05) is 0 Å². The van der Waals surface area contributed by atoms with E-state index in [0.29, 0.717) is 0 Å². The van der Waals surface area contributed by atoms with Gasteiger partial charge in [0.15, 0.2) is 5.82 Å². The first-order valence-corrected chi connectivity index (χ1v) is 7.74. The van der Waals surface area contributed by atoms with Crippen LogP contribution in [-0.2, 0) is 7.05 Å². The van der Waals surface area contributed by atoms with Gasteiger partial charge >= 0.3 is 0 Å². The van der Waals surface area contributed by atoms with Crippen LogP contribution in [0.4, 0.5) is 0 Å². The monoisotopic (exact) mass is 302 g/mol. The van der Waals surface area contributed by atoms with E-state index in [1.54, 1.807) is 33.4 Å². The fourth-order valence-corrected chi connectivity index (χ4v) is 3.56. The molecule has 4 rings (SSSR count). The van der Waals surface area contributed by atoms with Gasteiger partial charge in [0, 0.05) is 23.7 Å². The normalized spacial score (nSPS) is 11.5. The minimum Gasteiger partial charge on any atom is -0.272 e. The van der Waals surface area contributed by atoms with Crippen LogP contribution in [0.1, 0.15) is 5.69 Å². The van der Waals surface area contributed by atoms with Crippen LogP contribution < -0.4 is 0 Å². The third kappa shape index (κ3) is 1.61. The molecule has 0 saturated heterocycles. The van der Waals surface area contributed by atoms with E-state index in [9.17, 15) is 0 Å². The molecular formula is C12H10N6S2.